The van der Waals surface area contributed by atoms with E-state index in [0.29, 0.717) is 18.9 Å². The summed E-state index contributed by atoms with van der Waals surface area (Å²) >= 11 is 0. The Morgan fingerprint density at radius 3 is 2.41 bits per heavy atom. The van der Waals surface area contributed by atoms with Gasteiger partial charge in [-0.2, -0.15) is 0 Å². The second kappa shape index (κ2) is 7.44. The number of ether oxygens (including phenoxy) is 1. The summed E-state index contributed by atoms with van der Waals surface area (Å²) in [5.41, 5.74) is 0. The molecule has 2 fully saturated rings. The Morgan fingerprint density at radius 2 is 1.86 bits per heavy atom. The summed E-state index contributed by atoms with van der Waals surface area (Å²) in [7, 11) is 0. The fourth-order valence-electron chi connectivity index (χ4n) is 3.67. The maximum absolute atomic E-state index is 12.5. The molecule has 1 amide bonds. The van der Waals surface area contributed by atoms with Crippen molar-refractivity contribution in [3.05, 3.63) is 0 Å². The molecule has 1 N–H and O–H groups in total. The molecular formula is C17H29NO4. The Bertz CT molecular complexity index is 403. The van der Waals surface area contributed by atoms with Crippen molar-refractivity contribution < 1.29 is 19.4 Å². The van der Waals surface area contributed by atoms with Crippen LogP contribution < -0.4 is 0 Å². The van der Waals surface area contributed by atoms with E-state index in [1.54, 1.807) is 0 Å². The molecule has 4 atom stereocenters. The van der Waals surface area contributed by atoms with E-state index in [4.69, 9.17) is 4.74 Å². The third kappa shape index (κ3) is 3.62. The standard InChI is InChI=1S/C17H29NO4/c1-4-11(2)12(3)16(19)18-8-5-13(6-9-18)15-14(17(20)21)7-10-22-15/h11-15H,4-10H2,1-3H3,(H,20,21)/t11?,12?,14?,15-/m0/s1. The van der Waals surface area contributed by atoms with Gasteiger partial charge in [-0.25, -0.2) is 0 Å². The van der Waals surface area contributed by atoms with Crippen LogP contribution in [0.3, 0.4) is 0 Å². The Labute approximate surface area is 133 Å². The monoisotopic (exact) mass is 311 g/mol. The number of piperidine rings is 1. The number of rotatable bonds is 5. The third-order valence-corrected chi connectivity index (χ3v) is 5.66. The molecule has 0 aromatic heterocycles. The van der Waals surface area contributed by atoms with Crippen LogP contribution in [0.4, 0.5) is 0 Å². The molecule has 2 saturated heterocycles. The fourth-order valence-corrected chi connectivity index (χ4v) is 3.67. The van der Waals surface area contributed by atoms with Crippen LogP contribution in [0.2, 0.25) is 0 Å². The molecule has 0 aromatic rings. The summed E-state index contributed by atoms with van der Waals surface area (Å²) in [6.07, 6.45) is 3.17. The summed E-state index contributed by atoms with van der Waals surface area (Å²) in [5.74, 6) is -0.130. The highest BCUT2D eigenvalue weighted by Crippen LogP contribution is 2.33. The SMILES string of the molecule is CCC(C)C(C)C(=O)N1CCC([C@@H]2OCCC2C(=O)O)CC1. The summed E-state index contributed by atoms with van der Waals surface area (Å²) in [5, 5.41) is 9.27. The summed E-state index contributed by atoms with van der Waals surface area (Å²) in [6, 6.07) is 0. The van der Waals surface area contributed by atoms with Crippen LogP contribution in [0.15, 0.2) is 0 Å². The van der Waals surface area contributed by atoms with E-state index < -0.39 is 5.97 Å². The van der Waals surface area contributed by atoms with Gasteiger partial charge in [0.25, 0.3) is 0 Å². The fraction of sp³-hybridized carbons (Fsp3) is 0.882. The zero-order valence-electron chi connectivity index (χ0n) is 14.0. The van der Waals surface area contributed by atoms with Crippen LogP contribution in [-0.4, -0.2) is 47.7 Å². The van der Waals surface area contributed by atoms with Crippen molar-refractivity contribution in [2.75, 3.05) is 19.7 Å². The second-order valence-electron chi connectivity index (χ2n) is 6.91. The van der Waals surface area contributed by atoms with Crippen molar-refractivity contribution in [3.8, 4) is 0 Å². The second-order valence-corrected chi connectivity index (χ2v) is 6.91. The lowest BCUT2D eigenvalue weighted by molar-refractivity contribution is -0.146. The lowest BCUT2D eigenvalue weighted by atomic mass is 9.83. The first kappa shape index (κ1) is 17.3. The van der Waals surface area contributed by atoms with E-state index >= 15 is 0 Å². The number of nitrogens with zero attached hydrogens (tertiary/aromatic N) is 1. The van der Waals surface area contributed by atoms with Gasteiger partial charge in [0, 0.05) is 25.6 Å². The molecule has 126 valence electrons. The number of likely N-dealkylation sites (tertiary alicyclic amines) is 1. The van der Waals surface area contributed by atoms with Gasteiger partial charge in [-0.05, 0) is 31.1 Å². The average Bonchev–Trinajstić information content (AvgIpc) is 3.02. The first-order valence-electron chi connectivity index (χ1n) is 8.58. The highest BCUT2D eigenvalue weighted by Gasteiger charge is 2.41. The van der Waals surface area contributed by atoms with E-state index in [9.17, 15) is 14.7 Å². The molecule has 2 aliphatic heterocycles. The largest absolute Gasteiger partial charge is 0.481 e. The van der Waals surface area contributed by atoms with Crippen LogP contribution in [0, 0.1) is 23.7 Å². The van der Waals surface area contributed by atoms with Crippen molar-refractivity contribution in [1.29, 1.82) is 0 Å². The van der Waals surface area contributed by atoms with Gasteiger partial charge < -0.3 is 14.7 Å². The topological polar surface area (TPSA) is 66.8 Å². The van der Waals surface area contributed by atoms with Gasteiger partial charge in [0.2, 0.25) is 5.91 Å². The Morgan fingerprint density at radius 1 is 1.23 bits per heavy atom. The van der Waals surface area contributed by atoms with Gasteiger partial charge in [-0.15, -0.1) is 0 Å². The molecular weight excluding hydrogens is 282 g/mol. The molecule has 22 heavy (non-hydrogen) atoms. The molecule has 2 heterocycles. The Hall–Kier alpha value is -1.10. The van der Waals surface area contributed by atoms with E-state index in [1.807, 2.05) is 11.8 Å². The number of carbonyl (C=O) groups is 2. The number of hydrogen-bond acceptors (Lipinski definition) is 3. The molecule has 2 rings (SSSR count). The molecule has 5 heteroatoms. The normalized spacial score (nSPS) is 29.3. The predicted octanol–water partition coefficient (Wildman–Crippen LogP) is 2.40. The minimum Gasteiger partial charge on any atom is -0.481 e. The molecule has 0 aromatic carbocycles. The van der Waals surface area contributed by atoms with Crippen molar-refractivity contribution in [3.63, 3.8) is 0 Å². The van der Waals surface area contributed by atoms with Crippen LogP contribution in [0.1, 0.15) is 46.5 Å². The van der Waals surface area contributed by atoms with Crippen molar-refractivity contribution >= 4 is 11.9 Å². The van der Waals surface area contributed by atoms with Crippen molar-refractivity contribution in [2.45, 2.75) is 52.6 Å². The van der Waals surface area contributed by atoms with Crippen molar-refractivity contribution in [1.82, 2.24) is 4.90 Å². The highest BCUT2D eigenvalue weighted by molar-refractivity contribution is 5.78. The molecule has 2 aliphatic rings. The zero-order valence-corrected chi connectivity index (χ0v) is 14.0. The molecule has 0 aliphatic carbocycles. The number of carbonyl (C=O) groups excluding carboxylic acids is 1. The predicted molar refractivity (Wildman–Crippen MR) is 83.4 cm³/mol. The summed E-state index contributed by atoms with van der Waals surface area (Å²) < 4.78 is 5.68. The first-order valence-corrected chi connectivity index (χ1v) is 8.58. The quantitative estimate of drug-likeness (QED) is 0.846. The van der Waals surface area contributed by atoms with E-state index in [1.165, 1.54) is 0 Å². The van der Waals surface area contributed by atoms with E-state index in [0.717, 1.165) is 32.4 Å². The van der Waals surface area contributed by atoms with Gasteiger partial charge in [0.1, 0.15) is 0 Å². The minimum absolute atomic E-state index is 0.0658. The van der Waals surface area contributed by atoms with Crippen molar-refractivity contribution in [2.24, 2.45) is 23.7 Å². The summed E-state index contributed by atoms with van der Waals surface area (Å²) in [6.45, 7) is 8.27. The zero-order chi connectivity index (χ0) is 16.3. The minimum atomic E-state index is -0.744. The molecule has 3 unspecified atom stereocenters. The maximum Gasteiger partial charge on any atom is 0.309 e. The van der Waals surface area contributed by atoms with E-state index in [-0.39, 0.29) is 29.8 Å². The smallest absolute Gasteiger partial charge is 0.309 e. The number of carboxylic acids is 1. The Kier molecular flexibility index (Phi) is 5.84. The summed E-state index contributed by atoms with van der Waals surface area (Å²) in [4.78, 5) is 25.7. The van der Waals surface area contributed by atoms with Gasteiger partial charge in [0.15, 0.2) is 0 Å². The molecule has 0 radical (unpaired) electrons. The molecule has 0 spiro atoms. The van der Waals surface area contributed by atoms with Crippen LogP contribution >= 0.6 is 0 Å². The van der Waals surface area contributed by atoms with Gasteiger partial charge in [-0.3, -0.25) is 9.59 Å². The maximum atomic E-state index is 12.5. The third-order valence-electron chi connectivity index (χ3n) is 5.66. The number of hydrogen-bond donors (Lipinski definition) is 1. The molecule has 0 bridgehead atoms. The molecule has 0 saturated carbocycles. The van der Waals surface area contributed by atoms with Crippen LogP contribution in [0.5, 0.6) is 0 Å². The number of aliphatic carboxylic acids is 1. The van der Waals surface area contributed by atoms with Crippen LogP contribution in [0.25, 0.3) is 0 Å². The number of carboxylic acid groups (broad SMARTS) is 1. The van der Waals surface area contributed by atoms with Gasteiger partial charge in [-0.1, -0.05) is 27.2 Å². The first-order chi connectivity index (χ1) is 10.5. The average molecular weight is 311 g/mol. The Balaban J connectivity index is 1.88. The lowest BCUT2D eigenvalue weighted by Gasteiger charge is -2.37. The van der Waals surface area contributed by atoms with Gasteiger partial charge in [0.05, 0.1) is 12.0 Å². The van der Waals surface area contributed by atoms with E-state index in [2.05, 4.69) is 13.8 Å². The molecule has 5 nitrogen and oxygen atoms in total. The van der Waals surface area contributed by atoms with Gasteiger partial charge >= 0.3 is 5.97 Å². The number of amides is 1. The van der Waals surface area contributed by atoms with Crippen LogP contribution in [-0.2, 0) is 14.3 Å². The highest BCUT2D eigenvalue weighted by atomic mass is 16.5. The lowest BCUT2D eigenvalue weighted by Crippen LogP contribution is -2.45.